The lowest BCUT2D eigenvalue weighted by atomic mass is 9.96. The van der Waals surface area contributed by atoms with E-state index >= 15 is 0 Å². The minimum Gasteiger partial charge on any atom is -0.308 e. The molecule has 1 aromatic rings. The molecule has 2 rings (SSSR count). The molecule has 1 aliphatic heterocycles. The van der Waals surface area contributed by atoms with Crippen molar-refractivity contribution >= 4 is 29.0 Å². The number of hydrogen-bond donors (Lipinski definition) is 0. The molecule has 0 spiro atoms. The molecule has 0 aromatic heterocycles. The molecule has 1 atom stereocenters. The molecule has 1 amide bonds. The smallest absolute Gasteiger partial charge is 0.308 e. The highest BCUT2D eigenvalue weighted by atomic mass is 35.5. The molecule has 0 aliphatic carbocycles. The molecule has 1 unspecified atom stereocenters. The molecule has 88 valence electrons. The Labute approximate surface area is 101 Å². The normalized spacial score (nSPS) is 19.2. The first-order valence-electron chi connectivity index (χ1n) is 4.68. The quantitative estimate of drug-likeness (QED) is 0.428. The molecule has 7 heteroatoms. The minimum atomic E-state index is -1.87. The van der Waals surface area contributed by atoms with Gasteiger partial charge in [-0.2, -0.15) is 0 Å². The number of nitro groups is 1. The first kappa shape index (κ1) is 11.5. The molecule has 1 heterocycles. The van der Waals surface area contributed by atoms with Crippen LogP contribution in [0.5, 0.6) is 0 Å². The number of anilines is 1. The van der Waals surface area contributed by atoms with Gasteiger partial charge in [0, 0.05) is 17.0 Å². The summed E-state index contributed by atoms with van der Waals surface area (Å²) < 4.78 is 0. The molecule has 0 saturated carbocycles. The number of nitrogens with zero attached hydrogens (tertiary/aromatic N) is 2. The van der Waals surface area contributed by atoms with Gasteiger partial charge in [0.05, 0.1) is 11.3 Å². The number of benzene rings is 1. The van der Waals surface area contributed by atoms with Crippen LogP contribution in [-0.2, 0) is 4.79 Å². The van der Waals surface area contributed by atoms with Gasteiger partial charge in [0.15, 0.2) is 0 Å². The lowest BCUT2D eigenvalue weighted by Gasteiger charge is -2.26. The van der Waals surface area contributed by atoms with E-state index in [4.69, 9.17) is 11.6 Å². The highest BCUT2D eigenvalue weighted by Gasteiger charge is 2.46. The summed E-state index contributed by atoms with van der Waals surface area (Å²) in [6.07, 6.45) is 0. The number of amides is 1. The van der Waals surface area contributed by atoms with E-state index in [-0.39, 0.29) is 5.56 Å². The van der Waals surface area contributed by atoms with Crippen LogP contribution in [0.2, 0.25) is 5.02 Å². The zero-order valence-electron chi connectivity index (χ0n) is 8.71. The topological polar surface area (TPSA) is 80.5 Å². The number of carbonyl (C=O) groups is 2. The lowest BCUT2D eigenvalue weighted by Crippen LogP contribution is -2.50. The molecular weight excluding hydrogens is 248 g/mol. The lowest BCUT2D eigenvalue weighted by molar-refractivity contribution is -0.491. The maximum absolute atomic E-state index is 11.8. The van der Waals surface area contributed by atoms with E-state index in [1.807, 2.05) is 0 Å². The van der Waals surface area contributed by atoms with Crippen molar-refractivity contribution in [2.75, 3.05) is 11.9 Å². The van der Waals surface area contributed by atoms with E-state index in [1.54, 1.807) is 0 Å². The van der Waals surface area contributed by atoms with E-state index in [0.29, 0.717) is 10.7 Å². The van der Waals surface area contributed by atoms with Gasteiger partial charge in [-0.3, -0.25) is 19.7 Å². The van der Waals surface area contributed by atoms with Crippen LogP contribution < -0.4 is 4.90 Å². The van der Waals surface area contributed by atoms with Gasteiger partial charge in [-0.05, 0) is 18.2 Å². The van der Waals surface area contributed by atoms with E-state index in [1.165, 1.54) is 25.2 Å². The summed E-state index contributed by atoms with van der Waals surface area (Å²) in [6, 6.07) is 2.47. The van der Waals surface area contributed by atoms with Crippen molar-refractivity contribution in [3.8, 4) is 0 Å². The standard InChI is InChI=1S/C10H7ClN2O4/c1-12-7-3-2-5(11)4-6(7)9(14)8(10(12)15)13(16)17/h2-4,8H,1H3. The average molecular weight is 255 g/mol. The summed E-state index contributed by atoms with van der Waals surface area (Å²) in [5.74, 6) is -1.66. The fourth-order valence-electron chi connectivity index (χ4n) is 1.75. The van der Waals surface area contributed by atoms with Crippen LogP contribution in [-0.4, -0.2) is 29.7 Å². The minimum absolute atomic E-state index is 0.0984. The fourth-order valence-corrected chi connectivity index (χ4v) is 1.92. The summed E-state index contributed by atoms with van der Waals surface area (Å²) in [5, 5.41) is 11.0. The summed E-state index contributed by atoms with van der Waals surface area (Å²) in [7, 11) is 1.39. The number of rotatable bonds is 1. The second kappa shape index (κ2) is 3.81. The highest BCUT2D eigenvalue weighted by molar-refractivity contribution is 6.32. The Hall–Kier alpha value is -1.95. The Bertz CT molecular complexity index is 543. The Kier molecular flexibility index (Phi) is 2.59. The Morgan fingerprint density at radius 1 is 1.41 bits per heavy atom. The van der Waals surface area contributed by atoms with Crippen molar-refractivity contribution in [2.24, 2.45) is 0 Å². The molecule has 0 saturated heterocycles. The number of fused-ring (bicyclic) bond motifs is 1. The van der Waals surface area contributed by atoms with Crippen LogP contribution in [0.4, 0.5) is 5.69 Å². The first-order valence-corrected chi connectivity index (χ1v) is 5.06. The molecule has 0 radical (unpaired) electrons. The van der Waals surface area contributed by atoms with E-state index in [2.05, 4.69) is 0 Å². The van der Waals surface area contributed by atoms with Crippen LogP contribution in [0, 0.1) is 10.1 Å². The number of halogens is 1. The van der Waals surface area contributed by atoms with Crippen LogP contribution in [0.3, 0.4) is 0 Å². The van der Waals surface area contributed by atoms with Crippen molar-refractivity contribution in [3.05, 3.63) is 38.9 Å². The average Bonchev–Trinajstić information content (AvgIpc) is 2.26. The van der Waals surface area contributed by atoms with Crippen LogP contribution in [0.25, 0.3) is 0 Å². The van der Waals surface area contributed by atoms with Gasteiger partial charge >= 0.3 is 11.9 Å². The van der Waals surface area contributed by atoms with E-state index in [0.717, 1.165) is 4.90 Å². The van der Waals surface area contributed by atoms with Gasteiger partial charge in [-0.1, -0.05) is 11.6 Å². The molecular formula is C10H7ClN2O4. The third-order valence-electron chi connectivity index (χ3n) is 2.61. The predicted octanol–water partition coefficient (Wildman–Crippen LogP) is 1.14. The summed E-state index contributed by atoms with van der Waals surface area (Å²) in [6.45, 7) is 0. The number of hydrogen-bond acceptors (Lipinski definition) is 4. The van der Waals surface area contributed by atoms with Gasteiger partial charge in [0.25, 0.3) is 0 Å². The van der Waals surface area contributed by atoms with Crippen LogP contribution in [0.1, 0.15) is 10.4 Å². The second-order valence-electron chi connectivity index (χ2n) is 3.61. The predicted molar refractivity (Wildman–Crippen MR) is 60.0 cm³/mol. The van der Waals surface area contributed by atoms with Gasteiger partial charge in [0.2, 0.25) is 5.78 Å². The Morgan fingerprint density at radius 2 is 2.06 bits per heavy atom. The Balaban J connectivity index is 2.63. The van der Waals surface area contributed by atoms with Crippen LogP contribution in [0.15, 0.2) is 18.2 Å². The number of carbonyl (C=O) groups excluding carboxylic acids is 2. The third kappa shape index (κ3) is 1.66. The van der Waals surface area contributed by atoms with Crippen molar-refractivity contribution in [1.82, 2.24) is 0 Å². The van der Waals surface area contributed by atoms with Crippen molar-refractivity contribution in [3.63, 3.8) is 0 Å². The second-order valence-corrected chi connectivity index (χ2v) is 4.05. The maximum Gasteiger partial charge on any atom is 0.351 e. The van der Waals surface area contributed by atoms with Gasteiger partial charge in [-0.15, -0.1) is 0 Å². The zero-order valence-corrected chi connectivity index (χ0v) is 9.47. The SMILES string of the molecule is CN1C(=O)C([N+](=O)[O-])C(=O)c2cc(Cl)ccc21. The summed E-state index contributed by atoms with van der Waals surface area (Å²) in [5.41, 5.74) is 0.434. The van der Waals surface area contributed by atoms with Gasteiger partial charge in [0.1, 0.15) is 0 Å². The molecule has 6 nitrogen and oxygen atoms in total. The molecule has 0 N–H and O–H groups in total. The summed E-state index contributed by atoms with van der Waals surface area (Å²) in [4.78, 5) is 34.4. The molecule has 0 bridgehead atoms. The summed E-state index contributed by atoms with van der Waals surface area (Å²) >= 11 is 5.73. The number of ketones is 1. The van der Waals surface area contributed by atoms with Gasteiger partial charge < -0.3 is 4.90 Å². The van der Waals surface area contributed by atoms with Crippen molar-refractivity contribution in [2.45, 2.75) is 6.04 Å². The Morgan fingerprint density at radius 3 is 2.65 bits per heavy atom. The largest absolute Gasteiger partial charge is 0.351 e. The monoisotopic (exact) mass is 254 g/mol. The first-order chi connectivity index (χ1) is 7.93. The van der Waals surface area contributed by atoms with Crippen molar-refractivity contribution < 1.29 is 14.5 Å². The zero-order chi connectivity index (χ0) is 12.7. The van der Waals surface area contributed by atoms with E-state index in [9.17, 15) is 19.7 Å². The molecule has 1 aromatic carbocycles. The number of Topliss-reactive ketones (excluding diaryl/α,β-unsaturated/α-hetero) is 1. The van der Waals surface area contributed by atoms with Crippen molar-refractivity contribution in [1.29, 1.82) is 0 Å². The van der Waals surface area contributed by atoms with E-state index < -0.39 is 22.7 Å². The molecule has 0 fully saturated rings. The number of likely N-dealkylation sites (N-methyl/N-ethyl adjacent to an activating group) is 1. The third-order valence-corrected chi connectivity index (χ3v) is 2.84. The van der Waals surface area contributed by atoms with Gasteiger partial charge in [-0.25, -0.2) is 0 Å². The highest BCUT2D eigenvalue weighted by Crippen LogP contribution is 2.30. The molecule has 17 heavy (non-hydrogen) atoms. The fraction of sp³-hybridized carbons (Fsp3) is 0.200. The molecule has 1 aliphatic rings. The maximum atomic E-state index is 11.8. The van der Waals surface area contributed by atoms with Crippen LogP contribution >= 0.6 is 11.6 Å².